The second-order valence-corrected chi connectivity index (χ2v) is 9.92. The monoisotopic (exact) mass is 709 g/mol. The number of nitrogens with zero attached hydrogens (tertiary/aromatic N) is 2. The van der Waals surface area contributed by atoms with Crippen LogP contribution >= 0.6 is 0 Å². The molecule has 1 unspecified atom stereocenters. The van der Waals surface area contributed by atoms with E-state index < -0.39 is 0 Å². The third-order valence-electron chi connectivity index (χ3n) is 6.99. The molecule has 0 aliphatic heterocycles. The van der Waals surface area contributed by atoms with Gasteiger partial charge in [0, 0.05) is 38.1 Å². The average Bonchev–Trinajstić information content (AvgIpc) is 3.03. The van der Waals surface area contributed by atoms with Crippen LogP contribution in [0.15, 0.2) is 134 Å². The van der Waals surface area contributed by atoms with Crippen molar-refractivity contribution >= 4 is 0 Å². The van der Waals surface area contributed by atoms with Gasteiger partial charge in [-0.05, 0) is 53.4 Å². The maximum absolute atomic E-state index is 4.73. The van der Waals surface area contributed by atoms with Gasteiger partial charge >= 0.3 is 0 Å². The quantitative estimate of drug-likeness (QED) is 0.167. The average molecular weight is 709 g/mol. The maximum Gasteiger partial charge on any atom is 0.0242 e. The zero-order valence-corrected chi connectivity index (χ0v) is 25.9. The van der Waals surface area contributed by atoms with E-state index in [1.54, 1.807) is 0 Å². The van der Waals surface area contributed by atoms with Crippen molar-refractivity contribution in [2.75, 3.05) is 0 Å². The van der Waals surface area contributed by atoms with Crippen molar-refractivity contribution in [2.45, 2.75) is 26.7 Å². The zero-order valence-electron chi connectivity index (χ0n) is 23.5. The first kappa shape index (κ1) is 29.8. The van der Waals surface area contributed by atoms with Crippen LogP contribution in [0.5, 0.6) is 0 Å². The fourth-order valence-electron chi connectivity index (χ4n) is 4.64. The van der Waals surface area contributed by atoms with Crippen molar-refractivity contribution in [1.82, 2.24) is 9.97 Å². The molecule has 2 nitrogen and oxygen atoms in total. The van der Waals surface area contributed by atoms with Gasteiger partial charge < -0.3 is 9.97 Å². The van der Waals surface area contributed by atoms with Gasteiger partial charge in [0.25, 0.3) is 0 Å². The van der Waals surface area contributed by atoms with E-state index in [4.69, 9.17) is 4.98 Å². The standard InChI is InChI=1S/C26H22N.C12H10N.Ir/c1-19-16-26(27-18-25(19)22-12-7-4-8-13-22)24-15-9-14-23(17-24)20(2)21-10-5-3-6-11-21;1-10-7-8-12(13-9-10)11-5-3-2-4-6-11;/h3-14,16-18,20H,1-2H3;2-5,7-9H,1H3;/q2*-1;. The maximum atomic E-state index is 4.73. The molecule has 6 rings (SSSR count). The van der Waals surface area contributed by atoms with E-state index in [9.17, 15) is 0 Å². The summed E-state index contributed by atoms with van der Waals surface area (Å²) in [6.07, 6.45) is 3.84. The van der Waals surface area contributed by atoms with Crippen molar-refractivity contribution in [3.8, 4) is 33.6 Å². The molecule has 0 aliphatic rings. The Morgan fingerprint density at radius 2 is 1.27 bits per heavy atom. The molecular formula is C38H32IrN2-2. The molecular weight excluding hydrogens is 677 g/mol. The van der Waals surface area contributed by atoms with Gasteiger partial charge in [-0.1, -0.05) is 85.8 Å². The summed E-state index contributed by atoms with van der Waals surface area (Å²) < 4.78 is 0. The van der Waals surface area contributed by atoms with Crippen molar-refractivity contribution < 1.29 is 20.1 Å². The molecule has 0 amide bonds. The van der Waals surface area contributed by atoms with Crippen molar-refractivity contribution in [3.05, 3.63) is 168 Å². The van der Waals surface area contributed by atoms with Gasteiger partial charge in [0.05, 0.1) is 0 Å². The molecule has 0 aliphatic carbocycles. The summed E-state index contributed by atoms with van der Waals surface area (Å²) in [6, 6.07) is 48.0. The van der Waals surface area contributed by atoms with E-state index in [-0.39, 0.29) is 20.1 Å². The Balaban J connectivity index is 0.000000233. The largest absolute Gasteiger partial charge is 0.304 e. The Bertz CT molecular complexity index is 1650. The predicted octanol–water partition coefficient (Wildman–Crippen LogP) is 9.53. The number of aryl methyl sites for hydroxylation is 2. The molecule has 205 valence electrons. The van der Waals surface area contributed by atoms with Crippen LogP contribution in [0.25, 0.3) is 33.6 Å². The van der Waals surface area contributed by atoms with Crippen molar-refractivity contribution in [3.63, 3.8) is 0 Å². The summed E-state index contributed by atoms with van der Waals surface area (Å²) in [4.78, 5) is 9.05. The first-order valence-corrected chi connectivity index (χ1v) is 13.6. The van der Waals surface area contributed by atoms with Crippen LogP contribution < -0.4 is 0 Å². The van der Waals surface area contributed by atoms with E-state index >= 15 is 0 Å². The molecule has 0 N–H and O–H groups in total. The molecule has 0 fully saturated rings. The Kier molecular flexibility index (Phi) is 10.5. The van der Waals surface area contributed by atoms with Crippen LogP contribution in [-0.2, 0) is 20.1 Å². The molecule has 6 aromatic rings. The summed E-state index contributed by atoms with van der Waals surface area (Å²) in [5.74, 6) is 0.337. The number of benzene rings is 4. The topological polar surface area (TPSA) is 25.8 Å². The summed E-state index contributed by atoms with van der Waals surface area (Å²) in [7, 11) is 0. The van der Waals surface area contributed by atoms with E-state index in [2.05, 4.69) is 110 Å². The van der Waals surface area contributed by atoms with E-state index in [0.29, 0.717) is 5.92 Å². The second kappa shape index (κ2) is 14.5. The van der Waals surface area contributed by atoms with Crippen LogP contribution in [0.2, 0.25) is 0 Å². The van der Waals surface area contributed by atoms with Gasteiger partial charge in [-0.2, -0.15) is 0 Å². The Hall–Kier alpha value is -4.17. The van der Waals surface area contributed by atoms with E-state index in [1.807, 2.05) is 61.8 Å². The van der Waals surface area contributed by atoms with E-state index in [0.717, 1.165) is 22.5 Å². The molecule has 41 heavy (non-hydrogen) atoms. The van der Waals surface area contributed by atoms with Gasteiger partial charge in [0.15, 0.2) is 0 Å². The first-order valence-electron chi connectivity index (χ1n) is 13.6. The molecule has 1 atom stereocenters. The van der Waals surface area contributed by atoms with Crippen LogP contribution in [0.1, 0.15) is 35.1 Å². The van der Waals surface area contributed by atoms with Crippen LogP contribution in [0, 0.1) is 26.0 Å². The molecule has 2 heterocycles. The smallest absolute Gasteiger partial charge is 0.0242 e. The minimum atomic E-state index is 0. The third-order valence-corrected chi connectivity index (χ3v) is 6.99. The Morgan fingerprint density at radius 3 is 1.93 bits per heavy atom. The van der Waals surface area contributed by atoms with Gasteiger partial charge in [-0.15, -0.1) is 71.3 Å². The third kappa shape index (κ3) is 7.73. The number of rotatable bonds is 5. The first-order chi connectivity index (χ1) is 19.6. The summed E-state index contributed by atoms with van der Waals surface area (Å²) in [6.45, 7) is 6.42. The number of hydrogen-bond acceptors (Lipinski definition) is 2. The summed E-state index contributed by atoms with van der Waals surface area (Å²) in [5.41, 5.74) is 11.4. The SMILES string of the molecule is Cc1cc(-c2[c-]ccc(C(C)c3ccccc3)c2)ncc1-c1ccccc1.Cc1ccc(-c2[c-]cccc2)nc1.[Ir]. The zero-order chi connectivity index (χ0) is 27.7. The molecule has 0 saturated carbocycles. The second-order valence-electron chi connectivity index (χ2n) is 9.92. The van der Waals surface area contributed by atoms with E-state index in [1.165, 1.54) is 33.4 Å². The van der Waals surface area contributed by atoms with Crippen LogP contribution in [-0.4, -0.2) is 9.97 Å². The Labute approximate surface area is 257 Å². The molecule has 0 spiro atoms. The fraction of sp³-hybridized carbons (Fsp3) is 0.105. The molecule has 2 aromatic heterocycles. The minimum absolute atomic E-state index is 0. The normalized spacial score (nSPS) is 11.0. The number of aromatic nitrogens is 2. The Morgan fingerprint density at radius 1 is 0.585 bits per heavy atom. The van der Waals surface area contributed by atoms with Crippen molar-refractivity contribution in [2.24, 2.45) is 0 Å². The fourth-order valence-corrected chi connectivity index (χ4v) is 4.64. The summed E-state index contributed by atoms with van der Waals surface area (Å²) >= 11 is 0. The number of hydrogen-bond donors (Lipinski definition) is 0. The van der Waals surface area contributed by atoms with Gasteiger partial charge in [0.1, 0.15) is 0 Å². The van der Waals surface area contributed by atoms with Crippen LogP contribution in [0.4, 0.5) is 0 Å². The molecule has 0 saturated heterocycles. The summed E-state index contributed by atoms with van der Waals surface area (Å²) in [5, 5.41) is 0. The molecule has 0 bridgehead atoms. The van der Waals surface area contributed by atoms with Gasteiger partial charge in [0.2, 0.25) is 0 Å². The minimum Gasteiger partial charge on any atom is -0.304 e. The van der Waals surface area contributed by atoms with Gasteiger partial charge in [-0.25, -0.2) is 0 Å². The molecule has 1 radical (unpaired) electrons. The van der Waals surface area contributed by atoms with Crippen molar-refractivity contribution in [1.29, 1.82) is 0 Å². The molecule has 4 aromatic carbocycles. The van der Waals surface area contributed by atoms with Gasteiger partial charge in [-0.3, -0.25) is 0 Å². The number of pyridine rings is 2. The molecule has 3 heteroatoms. The predicted molar refractivity (Wildman–Crippen MR) is 166 cm³/mol. The van der Waals surface area contributed by atoms with Crippen LogP contribution in [0.3, 0.4) is 0 Å².